The van der Waals surface area contributed by atoms with Crippen molar-refractivity contribution in [2.75, 3.05) is 13.7 Å². The molecular weight excluding hydrogens is 460 g/mol. The number of hydrogen-bond donors (Lipinski definition) is 1. The molecule has 1 amide bonds. The number of rotatable bonds is 10. The molecule has 2 aromatic carbocycles. The first-order valence-electron chi connectivity index (χ1n) is 10.00. The zero-order valence-corrected chi connectivity index (χ0v) is 19.1. The third-order valence-corrected chi connectivity index (χ3v) is 5.04. The average Bonchev–Trinajstić information content (AvgIpc) is 2.81. The lowest BCUT2D eigenvalue weighted by Crippen LogP contribution is -2.22. The first-order valence-corrected chi connectivity index (χ1v) is 10.8. The van der Waals surface area contributed by atoms with Crippen LogP contribution in [0.5, 0.6) is 17.2 Å². The van der Waals surface area contributed by atoms with Crippen molar-refractivity contribution in [1.82, 2.24) is 10.3 Å². The fourth-order valence-electron chi connectivity index (χ4n) is 2.83. The second-order valence-corrected chi connectivity index (χ2v) is 7.67. The second kappa shape index (κ2) is 11.4. The Morgan fingerprint density at radius 1 is 1.10 bits per heavy atom. The van der Waals surface area contributed by atoms with Crippen LogP contribution >= 0.6 is 15.9 Å². The van der Waals surface area contributed by atoms with Crippen LogP contribution in [0.2, 0.25) is 0 Å². The van der Waals surface area contributed by atoms with E-state index < -0.39 is 0 Å². The third-order valence-electron chi connectivity index (χ3n) is 4.45. The number of aromatic nitrogens is 1. The molecule has 1 heterocycles. The highest BCUT2D eigenvalue weighted by Crippen LogP contribution is 2.36. The summed E-state index contributed by atoms with van der Waals surface area (Å²) >= 11 is 3.47. The topological polar surface area (TPSA) is 69.7 Å². The molecule has 0 atom stereocenters. The fourth-order valence-corrected chi connectivity index (χ4v) is 3.39. The van der Waals surface area contributed by atoms with Gasteiger partial charge < -0.3 is 19.5 Å². The van der Waals surface area contributed by atoms with Gasteiger partial charge >= 0.3 is 0 Å². The molecule has 3 aromatic rings. The van der Waals surface area contributed by atoms with Gasteiger partial charge in [0.05, 0.1) is 18.2 Å². The summed E-state index contributed by atoms with van der Waals surface area (Å²) in [5.74, 6) is 1.68. The molecule has 0 unspecified atom stereocenters. The van der Waals surface area contributed by atoms with Gasteiger partial charge in [-0.25, -0.2) is 0 Å². The Morgan fingerprint density at radius 2 is 1.90 bits per heavy atom. The molecule has 6 nitrogen and oxygen atoms in total. The molecule has 0 aliphatic heterocycles. The summed E-state index contributed by atoms with van der Waals surface area (Å²) in [6.45, 7) is 3.46. The maximum Gasteiger partial charge on any atom is 0.251 e. The van der Waals surface area contributed by atoms with Crippen molar-refractivity contribution in [1.29, 1.82) is 0 Å². The molecule has 0 saturated heterocycles. The summed E-state index contributed by atoms with van der Waals surface area (Å²) in [5.41, 5.74) is 2.46. The number of ether oxygens (including phenoxy) is 3. The second-order valence-electron chi connectivity index (χ2n) is 6.81. The predicted molar refractivity (Wildman–Crippen MR) is 123 cm³/mol. The van der Waals surface area contributed by atoms with Gasteiger partial charge in [-0.05, 0) is 58.2 Å². The van der Waals surface area contributed by atoms with Crippen LogP contribution in [0.4, 0.5) is 0 Å². The molecule has 162 valence electrons. The Kier molecular flexibility index (Phi) is 8.29. The number of halogens is 1. The van der Waals surface area contributed by atoms with Crippen LogP contribution in [0.3, 0.4) is 0 Å². The van der Waals surface area contributed by atoms with Crippen molar-refractivity contribution in [2.45, 2.75) is 26.5 Å². The number of pyridine rings is 1. The fraction of sp³-hybridized carbons (Fsp3) is 0.250. The molecular formula is C24H25BrN2O4. The molecule has 0 saturated carbocycles. The minimum Gasteiger partial charge on any atom is -0.493 e. The normalized spacial score (nSPS) is 10.4. The van der Waals surface area contributed by atoms with Gasteiger partial charge in [-0.3, -0.25) is 9.78 Å². The molecule has 0 aliphatic rings. The third kappa shape index (κ3) is 6.46. The number of benzene rings is 2. The number of nitrogens with one attached hydrogen (secondary N) is 1. The Bertz CT molecular complexity index is 994. The van der Waals surface area contributed by atoms with Crippen molar-refractivity contribution in [3.63, 3.8) is 0 Å². The van der Waals surface area contributed by atoms with Gasteiger partial charge in [0.2, 0.25) is 0 Å². The molecule has 0 fully saturated rings. The van der Waals surface area contributed by atoms with E-state index in [0.29, 0.717) is 41.3 Å². The van der Waals surface area contributed by atoms with Crippen molar-refractivity contribution >= 4 is 21.8 Å². The maximum absolute atomic E-state index is 12.6. The van der Waals surface area contributed by atoms with Crippen molar-refractivity contribution in [3.05, 3.63) is 82.1 Å². The molecule has 0 spiro atoms. The van der Waals surface area contributed by atoms with E-state index in [2.05, 4.69) is 26.2 Å². The van der Waals surface area contributed by atoms with E-state index in [-0.39, 0.29) is 5.91 Å². The lowest BCUT2D eigenvalue weighted by Gasteiger charge is -2.14. The van der Waals surface area contributed by atoms with Gasteiger partial charge in [0, 0.05) is 30.1 Å². The average molecular weight is 485 g/mol. The smallest absolute Gasteiger partial charge is 0.251 e. The molecule has 31 heavy (non-hydrogen) atoms. The van der Waals surface area contributed by atoms with Crippen LogP contribution in [0, 0.1) is 0 Å². The summed E-state index contributed by atoms with van der Waals surface area (Å²) in [5, 5.41) is 2.93. The lowest BCUT2D eigenvalue weighted by atomic mass is 10.1. The van der Waals surface area contributed by atoms with E-state index in [4.69, 9.17) is 14.2 Å². The molecule has 3 rings (SSSR count). The monoisotopic (exact) mass is 484 g/mol. The molecule has 0 radical (unpaired) electrons. The summed E-state index contributed by atoms with van der Waals surface area (Å²) in [7, 11) is 1.56. The van der Waals surface area contributed by atoms with Gasteiger partial charge in [-0.15, -0.1) is 0 Å². The maximum atomic E-state index is 12.6. The quantitative estimate of drug-likeness (QED) is 0.430. The number of amides is 1. The highest BCUT2D eigenvalue weighted by Gasteiger charge is 2.15. The van der Waals surface area contributed by atoms with E-state index in [9.17, 15) is 4.79 Å². The van der Waals surface area contributed by atoms with Crippen LogP contribution in [0.15, 0.2) is 65.4 Å². The number of nitrogens with zero attached hydrogens (tertiary/aromatic N) is 1. The Labute approximate surface area is 190 Å². The summed E-state index contributed by atoms with van der Waals surface area (Å²) in [4.78, 5) is 16.7. The van der Waals surface area contributed by atoms with Crippen LogP contribution < -0.4 is 19.5 Å². The molecule has 0 bridgehead atoms. The van der Waals surface area contributed by atoms with Gasteiger partial charge in [0.1, 0.15) is 12.4 Å². The zero-order chi connectivity index (χ0) is 22.1. The SMILES string of the molecule is CCCOc1c(Br)cc(C(=O)NCc2ccc(OCc3cccnc3)cc2)cc1OC. The van der Waals surface area contributed by atoms with Crippen LogP contribution in [-0.2, 0) is 13.2 Å². The molecule has 7 heteroatoms. The van der Waals surface area contributed by atoms with Crippen molar-refractivity contribution < 1.29 is 19.0 Å². The van der Waals surface area contributed by atoms with Crippen LogP contribution in [0.1, 0.15) is 34.8 Å². The Hall–Kier alpha value is -3.06. The number of methoxy groups -OCH3 is 1. The highest BCUT2D eigenvalue weighted by molar-refractivity contribution is 9.10. The minimum absolute atomic E-state index is 0.196. The molecule has 1 aromatic heterocycles. The van der Waals surface area contributed by atoms with E-state index in [1.807, 2.05) is 43.3 Å². The first kappa shape index (κ1) is 22.6. The van der Waals surface area contributed by atoms with Gasteiger partial charge in [-0.1, -0.05) is 25.1 Å². The van der Waals surface area contributed by atoms with E-state index in [1.54, 1.807) is 31.6 Å². The number of carbonyl (C=O) groups is 1. The summed E-state index contributed by atoms with van der Waals surface area (Å²) in [6, 6.07) is 14.9. The summed E-state index contributed by atoms with van der Waals surface area (Å²) in [6.07, 6.45) is 4.39. The van der Waals surface area contributed by atoms with E-state index >= 15 is 0 Å². The van der Waals surface area contributed by atoms with Crippen LogP contribution in [0.25, 0.3) is 0 Å². The van der Waals surface area contributed by atoms with E-state index in [0.717, 1.165) is 23.3 Å². The van der Waals surface area contributed by atoms with Crippen molar-refractivity contribution in [2.24, 2.45) is 0 Å². The minimum atomic E-state index is -0.196. The zero-order valence-electron chi connectivity index (χ0n) is 17.6. The van der Waals surface area contributed by atoms with Crippen molar-refractivity contribution in [3.8, 4) is 17.2 Å². The van der Waals surface area contributed by atoms with Gasteiger partial charge in [0.25, 0.3) is 5.91 Å². The first-order chi connectivity index (χ1) is 15.1. The number of carbonyl (C=O) groups excluding carboxylic acids is 1. The molecule has 0 aliphatic carbocycles. The Morgan fingerprint density at radius 3 is 2.58 bits per heavy atom. The summed E-state index contributed by atoms with van der Waals surface area (Å²) < 4.78 is 17.5. The number of hydrogen-bond acceptors (Lipinski definition) is 5. The lowest BCUT2D eigenvalue weighted by molar-refractivity contribution is 0.0950. The predicted octanol–water partition coefficient (Wildman–Crippen LogP) is 5.15. The Balaban J connectivity index is 1.57. The molecule has 1 N–H and O–H groups in total. The van der Waals surface area contributed by atoms with E-state index in [1.165, 1.54) is 0 Å². The van der Waals surface area contributed by atoms with Gasteiger partial charge in [-0.2, -0.15) is 0 Å². The highest BCUT2D eigenvalue weighted by atomic mass is 79.9. The standard InChI is InChI=1S/C24H25BrN2O4/c1-3-11-30-23-21(25)12-19(13-22(23)29-2)24(28)27-15-17-6-8-20(9-7-17)31-16-18-5-4-10-26-14-18/h4-10,12-14H,3,11,15-16H2,1-2H3,(H,27,28). The van der Waals surface area contributed by atoms with Gasteiger partial charge in [0.15, 0.2) is 11.5 Å². The largest absolute Gasteiger partial charge is 0.493 e. The van der Waals surface area contributed by atoms with Crippen LogP contribution in [-0.4, -0.2) is 24.6 Å².